The smallest absolute Gasteiger partial charge is 0.272 e. The molecule has 2 aliphatic carbocycles. The van der Waals surface area contributed by atoms with E-state index in [1.165, 1.54) is 6.07 Å². The lowest BCUT2D eigenvalue weighted by atomic mass is 10.1. The number of fused-ring (bicyclic) bond motifs is 1. The van der Waals surface area contributed by atoms with E-state index in [4.69, 9.17) is 5.73 Å². The van der Waals surface area contributed by atoms with Crippen LogP contribution in [0.5, 0.6) is 0 Å². The fraction of sp³-hybridized carbons (Fsp3) is 0.444. The number of carbonyl (C=O) groups is 1. The summed E-state index contributed by atoms with van der Waals surface area (Å²) in [5.41, 5.74) is 8.73. The molecule has 134 valence electrons. The van der Waals surface area contributed by atoms with E-state index in [2.05, 4.69) is 10.4 Å². The Morgan fingerprint density at radius 2 is 2.12 bits per heavy atom. The molecule has 5 nitrogen and oxygen atoms in total. The molecule has 7 heteroatoms. The molecule has 1 atom stereocenters. The van der Waals surface area contributed by atoms with Crippen LogP contribution in [0.4, 0.5) is 4.39 Å². The van der Waals surface area contributed by atoms with Crippen molar-refractivity contribution in [2.45, 2.75) is 38.1 Å². The number of carbonyl (C=O) groups excluding carboxylic acids is 1. The van der Waals surface area contributed by atoms with Gasteiger partial charge in [-0.05, 0) is 50.2 Å². The first kappa shape index (κ1) is 17.9. The summed E-state index contributed by atoms with van der Waals surface area (Å²) in [5.74, 6) is -0.0104. The maximum atomic E-state index is 14.1. The number of rotatable bonds is 5. The zero-order valence-electron chi connectivity index (χ0n) is 13.9. The quantitative estimate of drug-likeness (QED) is 0.855. The van der Waals surface area contributed by atoms with Crippen LogP contribution in [0.25, 0.3) is 5.69 Å². The van der Waals surface area contributed by atoms with Crippen LogP contribution in [0.15, 0.2) is 24.3 Å². The van der Waals surface area contributed by atoms with Crippen LogP contribution in [0.2, 0.25) is 0 Å². The van der Waals surface area contributed by atoms with Crippen molar-refractivity contribution < 1.29 is 9.18 Å². The Morgan fingerprint density at radius 1 is 1.36 bits per heavy atom. The Balaban J connectivity index is 0.00000182. The lowest BCUT2D eigenvalue weighted by molar-refractivity contribution is 0.0944. The molecule has 1 unspecified atom stereocenters. The maximum absolute atomic E-state index is 14.1. The van der Waals surface area contributed by atoms with E-state index < -0.39 is 0 Å². The van der Waals surface area contributed by atoms with Gasteiger partial charge in [0.2, 0.25) is 0 Å². The van der Waals surface area contributed by atoms with Crippen molar-refractivity contribution in [3.8, 4) is 5.69 Å². The minimum absolute atomic E-state index is 0. The normalized spacial score (nSPS) is 16.9. The first-order valence-corrected chi connectivity index (χ1v) is 8.54. The Labute approximate surface area is 152 Å². The third kappa shape index (κ3) is 3.41. The van der Waals surface area contributed by atoms with Gasteiger partial charge in [-0.1, -0.05) is 12.1 Å². The second kappa shape index (κ2) is 7.14. The number of aromatic nitrogens is 2. The first-order valence-electron chi connectivity index (χ1n) is 8.54. The molecule has 1 aromatic carbocycles. The summed E-state index contributed by atoms with van der Waals surface area (Å²) in [7, 11) is 0. The van der Waals surface area contributed by atoms with E-state index in [1.54, 1.807) is 22.9 Å². The van der Waals surface area contributed by atoms with Crippen molar-refractivity contribution in [3.63, 3.8) is 0 Å². The second-order valence-corrected chi connectivity index (χ2v) is 6.70. The summed E-state index contributed by atoms with van der Waals surface area (Å²) < 4.78 is 15.7. The van der Waals surface area contributed by atoms with Gasteiger partial charge in [-0.15, -0.1) is 12.4 Å². The number of amides is 1. The van der Waals surface area contributed by atoms with Crippen molar-refractivity contribution in [3.05, 3.63) is 47.0 Å². The number of halogens is 2. The number of nitrogens with zero attached hydrogens (tertiary/aromatic N) is 2. The molecular weight excluding hydrogens is 343 g/mol. The molecule has 0 saturated heterocycles. The summed E-state index contributed by atoms with van der Waals surface area (Å²) in [4.78, 5) is 12.5. The first-order chi connectivity index (χ1) is 11.6. The third-order valence-corrected chi connectivity index (χ3v) is 4.95. The molecule has 1 aromatic heterocycles. The maximum Gasteiger partial charge on any atom is 0.272 e. The number of nitrogens with one attached hydrogen (secondary N) is 1. The molecule has 4 rings (SSSR count). The van der Waals surface area contributed by atoms with Gasteiger partial charge in [0.05, 0.1) is 0 Å². The van der Waals surface area contributed by atoms with E-state index >= 15 is 0 Å². The summed E-state index contributed by atoms with van der Waals surface area (Å²) >= 11 is 0. The molecule has 3 N–H and O–H groups in total. The van der Waals surface area contributed by atoms with Crippen LogP contribution in [0, 0.1) is 11.7 Å². The summed E-state index contributed by atoms with van der Waals surface area (Å²) in [5, 5.41) is 7.32. The van der Waals surface area contributed by atoms with Gasteiger partial charge in [-0.3, -0.25) is 4.79 Å². The molecular formula is C18H22ClFN4O. The minimum atomic E-state index is -0.336. The van der Waals surface area contributed by atoms with Gasteiger partial charge in [0.1, 0.15) is 11.5 Å². The Hall–Kier alpha value is -1.92. The second-order valence-electron chi connectivity index (χ2n) is 6.70. The van der Waals surface area contributed by atoms with Gasteiger partial charge in [-0.2, -0.15) is 5.10 Å². The highest BCUT2D eigenvalue weighted by molar-refractivity contribution is 5.94. The van der Waals surface area contributed by atoms with E-state index in [0.29, 0.717) is 23.8 Å². The molecule has 1 fully saturated rings. The fourth-order valence-electron chi connectivity index (χ4n) is 3.43. The highest BCUT2D eigenvalue weighted by Crippen LogP contribution is 2.31. The highest BCUT2D eigenvalue weighted by atomic mass is 35.5. The molecule has 0 spiro atoms. The Bertz CT molecular complexity index is 787. The Kier molecular flexibility index (Phi) is 5.11. The van der Waals surface area contributed by atoms with Crippen LogP contribution in [0.3, 0.4) is 0 Å². The monoisotopic (exact) mass is 364 g/mol. The molecule has 2 aliphatic rings. The van der Waals surface area contributed by atoms with Gasteiger partial charge < -0.3 is 11.1 Å². The summed E-state index contributed by atoms with van der Waals surface area (Å²) in [6, 6.07) is 6.53. The number of hydrogen-bond acceptors (Lipinski definition) is 3. The third-order valence-electron chi connectivity index (χ3n) is 4.95. The van der Waals surface area contributed by atoms with Crippen LogP contribution >= 0.6 is 12.4 Å². The average molecular weight is 365 g/mol. The minimum Gasteiger partial charge on any atom is -0.349 e. The van der Waals surface area contributed by atoms with E-state index in [9.17, 15) is 9.18 Å². The van der Waals surface area contributed by atoms with Crippen LogP contribution in [0.1, 0.15) is 41.0 Å². The lowest BCUT2D eigenvalue weighted by Gasteiger charge is -2.11. The molecule has 2 aromatic rings. The number of benzene rings is 1. The van der Waals surface area contributed by atoms with Gasteiger partial charge >= 0.3 is 0 Å². The van der Waals surface area contributed by atoms with Crippen molar-refractivity contribution in [2.24, 2.45) is 11.7 Å². The molecule has 1 heterocycles. The van der Waals surface area contributed by atoms with E-state index in [1.807, 2.05) is 0 Å². The number of nitrogens with two attached hydrogens (primary N) is 1. The van der Waals surface area contributed by atoms with E-state index in [0.717, 1.165) is 43.4 Å². The number of hydrogen-bond donors (Lipinski definition) is 2. The largest absolute Gasteiger partial charge is 0.349 e. The molecule has 1 saturated carbocycles. The van der Waals surface area contributed by atoms with E-state index in [-0.39, 0.29) is 30.2 Å². The van der Waals surface area contributed by atoms with Crippen LogP contribution in [-0.2, 0) is 12.8 Å². The SMILES string of the molecule is Cl.NC(CNC(=O)c1nn(-c2ccccc2F)c2c1CCC2)C1CC1. The van der Waals surface area contributed by atoms with Crippen molar-refractivity contribution in [1.29, 1.82) is 0 Å². The lowest BCUT2D eigenvalue weighted by Crippen LogP contribution is -2.39. The fourth-order valence-corrected chi connectivity index (χ4v) is 3.43. The Morgan fingerprint density at radius 3 is 2.84 bits per heavy atom. The molecule has 25 heavy (non-hydrogen) atoms. The van der Waals surface area contributed by atoms with Gasteiger partial charge in [0, 0.05) is 23.8 Å². The zero-order valence-corrected chi connectivity index (χ0v) is 14.7. The standard InChI is InChI=1S/C18H21FN4O.ClH/c19-13-5-1-2-6-16(13)23-15-7-3-4-12(15)17(22-23)18(24)21-10-14(20)11-8-9-11;/h1-2,5-6,11,14H,3-4,7-10,20H2,(H,21,24);1H. The van der Waals surface area contributed by atoms with Crippen molar-refractivity contribution in [2.75, 3.05) is 6.54 Å². The zero-order chi connectivity index (χ0) is 16.7. The highest BCUT2D eigenvalue weighted by Gasteiger charge is 2.30. The summed E-state index contributed by atoms with van der Waals surface area (Å²) in [6.07, 6.45) is 4.87. The van der Waals surface area contributed by atoms with Crippen LogP contribution < -0.4 is 11.1 Å². The predicted molar refractivity (Wildman–Crippen MR) is 95.8 cm³/mol. The van der Waals surface area contributed by atoms with Crippen LogP contribution in [-0.4, -0.2) is 28.3 Å². The molecule has 0 aliphatic heterocycles. The molecule has 1 amide bonds. The van der Waals surface area contributed by atoms with Gasteiger partial charge in [-0.25, -0.2) is 9.07 Å². The van der Waals surface area contributed by atoms with Gasteiger partial charge in [0.25, 0.3) is 5.91 Å². The topological polar surface area (TPSA) is 72.9 Å². The average Bonchev–Trinajstić information content (AvgIpc) is 3.22. The summed E-state index contributed by atoms with van der Waals surface area (Å²) in [6.45, 7) is 0.463. The predicted octanol–water partition coefficient (Wildman–Crippen LogP) is 2.39. The number of para-hydroxylation sites is 1. The van der Waals surface area contributed by atoms with Crippen molar-refractivity contribution in [1.82, 2.24) is 15.1 Å². The van der Waals surface area contributed by atoms with Gasteiger partial charge in [0.15, 0.2) is 5.69 Å². The van der Waals surface area contributed by atoms with Crippen molar-refractivity contribution >= 4 is 18.3 Å². The molecule has 0 radical (unpaired) electrons. The molecule has 0 bridgehead atoms.